The van der Waals surface area contributed by atoms with Crippen LogP contribution in [0.3, 0.4) is 0 Å². The minimum absolute atomic E-state index is 0.263. The largest absolute Gasteiger partial charge is 0.491 e. The Balaban J connectivity index is 1.77. The van der Waals surface area contributed by atoms with Crippen molar-refractivity contribution < 1.29 is 19.0 Å². The first-order valence-corrected chi connectivity index (χ1v) is 12.7. The van der Waals surface area contributed by atoms with Gasteiger partial charge < -0.3 is 14.2 Å². The zero-order valence-electron chi connectivity index (χ0n) is 20.1. The van der Waals surface area contributed by atoms with E-state index >= 15 is 0 Å². The number of carbonyl (C=O) groups is 1. The van der Waals surface area contributed by atoms with Crippen molar-refractivity contribution in [3.05, 3.63) is 75.6 Å². The smallest absolute Gasteiger partial charge is 0.360 e. The molecule has 0 spiro atoms. The van der Waals surface area contributed by atoms with E-state index in [0.29, 0.717) is 47.9 Å². The third-order valence-electron chi connectivity index (χ3n) is 6.07. The van der Waals surface area contributed by atoms with E-state index in [9.17, 15) is 4.79 Å². The molecule has 0 aliphatic carbocycles. The molecule has 1 saturated heterocycles. The molecule has 35 heavy (non-hydrogen) atoms. The van der Waals surface area contributed by atoms with E-state index in [1.54, 1.807) is 6.92 Å². The summed E-state index contributed by atoms with van der Waals surface area (Å²) in [5, 5.41) is 5.11. The van der Waals surface area contributed by atoms with E-state index in [2.05, 4.69) is 4.90 Å². The van der Waals surface area contributed by atoms with Crippen LogP contribution in [0.25, 0.3) is 0 Å². The zero-order valence-corrected chi connectivity index (χ0v) is 21.6. The van der Waals surface area contributed by atoms with Gasteiger partial charge in [-0.2, -0.15) is 0 Å². The number of para-hydroxylation sites is 1. The van der Waals surface area contributed by atoms with Gasteiger partial charge in [0, 0.05) is 31.2 Å². The summed E-state index contributed by atoms with van der Waals surface area (Å²) in [5.41, 5.74) is 2.08. The Morgan fingerprint density at radius 2 is 1.77 bits per heavy atom. The Kier molecular flexibility index (Phi) is 8.78. The van der Waals surface area contributed by atoms with Crippen LogP contribution in [-0.4, -0.2) is 68.5 Å². The molecule has 2 aromatic rings. The number of morpholine rings is 1. The minimum atomic E-state index is -0.427. The van der Waals surface area contributed by atoms with E-state index in [0.717, 1.165) is 30.9 Å². The number of hydrogen-bond acceptors (Lipinski definition) is 7. The molecule has 0 amide bonds. The number of ether oxygens (including phenoxy) is 3. The van der Waals surface area contributed by atoms with Crippen molar-refractivity contribution in [2.24, 2.45) is 0 Å². The Bertz CT molecular complexity index is 1040. The van der Waals surface area contributed by atoms with Crippen molar-refractivity contribution in [2.75, 3.05) is 57.6 Å². The van der Waals surface area contributed by atoms with Crippen molar-refractivity contribution in [1.29, 1.82) is 0 Å². The predicted octanol–water partition coefficient (Wildman–Crippen LogP) is 4.92. The summed E-state index contributed by atoms with van der Waals surface area (Å²) >= 11 is 12.9. The second-order valence-electron chi connectivity index (χ2n) is 8.20. The number of benzene rings is 2. The van der Waals surface area contributed by atoms with Gasteiger partial charge in [-0.1, -0.05) is 47.5 Å². The summed E-state index contributed by atoms with van der Waals surface area (Å²) in [6.45, 7) is 8.87. The molecule has 9 heteroatoms. The van der Waals surface area contributed by atoms with Crippen molar-refractivity contribution in [3.8, 4) is 0 Å². The molecule has 2 aromatic carbocycles. The third-order valence-corrected chi connectivity index (χ3v) is 6.64. The molecule has 0 radical (unpaired) electrons. The Morgan fingerprint density at radius 3 is 2.43 bits per heavy atom. The van der Waals surface area contributed by atoms with Crippen LogP contribution in [0, 0.1) is 0 Å². The highest BCUT2D eigenvalue weighted by molar-refractivity contribution is 6.33. The summed E-state index contributed by atoms with van der Waals surface area (Å²) in [7, 11) is 0. The molecular weight excluding hydrogens is 489 g/mol. The highest BCUT2D eigenvalue weighted by Gasteiger charge is 2.45. The molecule has 2 heterocycles. The number of nitrogens with zero attached hydrogens (tertiary/aromatic N) is 3. The number of halogens is 2. The van der Waals surface area contributed by atoms with E-state index in [4.69, 9.17) is 37.4 Å². The number of carbonyl (C=O) groups excluding carboxylic acids is 1. The molecule has 2 aliphatic heterocycles. The monoisotopic (exact) mass is 519 g/mol. The first-order chi connectivity index (χ1) is 17.0. The molecule has 188 valence electrons. The maximum Gasteiger partial charge on any atom is 0.360 e. The number of likely N-dealkylation sites (N-methyl/N-ethyl adjacent to an activating group) is 1. The summed E-state index contributed by atoms with van der Waals surface area (Å²) in [6.07, 6.45) is 0. The maximum absolute atomic E-state index is 13.3. The first-order valence-electron chi connectivity index (χ1n) is 12.0. The van der Waals surface area contributed by atoms with Gasteiger partial charge in [0.1, 0.15) is 12.6 Å². The molecule has 4 rings (SSSR count). The van der Waals surface area contributed by atoms with Gasteiger partial charge in [-0.15, -0.1) is 0 Å². The fourth-order valence-electron chi connectivity index (χ4n) is 4.43. The number of rotatable bonds is 9. The Morgan fingerprint density at radius 1 is 1.06 bits per heavy atom. The lowest BCUT2D eigenvalue weighted by Crippen LogP contribution is -2.41. The van der Waals surface area contributed by atoms with Gasteiger partial charge in [-0.25, -0.2) is 4.79 Å². The number of hydrogen-bond donors (Lipinski definition) is 0. The quantitative estimate of drug-likeness (QED) is 0.436. The van der Waals surface area contributed by atoms with Crippen LogP contribution >= 0.6 is 23.2 Å². The van der Waals surface area contributed by atoms with Crippen LogP contribution in [0.4, 0.5) is 5.69 Å². The molecule has 0 N–H and O–H groups in total. The standard InChI is InChI=1S/C26H31Cl2N3O4/c1-3-30-24(26(32)34-4-2)25(35-18-15-29-13-16-33-17-14-29)23(19-9-11-20(27)12-10-19)31(30)22-8-6-5-7-21(22)28/h5-12,23H,3-4,13-18H2,1-2H3. The molecule has 0 bridgehead atoms. The lowest BCUT2D eigenvalue weighted by atomic mass is 10.0. The molecule has 1 fully saturated rings. The Labute approximate surface area is 216 Å². The lowest BCUT2D eigenvalue weighted by molar-refractivity contribution is -0.140. The van der Waals surface area contributed by atoms with Crippen LogP contribution in [0.15, 0.2) is 60.0 Å². The van der Waals surface area contributed by atoms with Gasteiger partial charge in [0.25, 0.3) is 0 Å². The first kappa shape index (κ1) is 25.6. The van der Waals surface area contributed by atoms with Crippen molar-refractivity contribution in [1.82, 2.24) is 9.91 Å². The average Bonchev–Trinajstić information content (AvgIpc) is 3.19. The van der Waals surface area contributed by atoms with E-state index in [1.807, 2.05) is 65.5 Å². The van der Waals surface area contributed by atoms with Gasteiger partial charge in [-0.05, 0) is 43.7 Å². The van der Waals surface area contributed by atoms with E-state index in [1.165, 1.54) is 0 Å². The number of hydrazine groups is 1. The number of anilines is 1. The van der Waals surface area contributed by atoms with Crippen LogP contribution in [0.1, 0.15) is 25.5 Å². The second-order valence-corrected chi connectivity index (χ2v) is 9.05. The van der Waals surface area contributed by atoms with Crippen LogP contribution in [0.2, 0.25) is 10.0 Å². The molecule has 7 nitrogen and oxygen atoms in total. The van der Waals surface area contributed by atoms with Crippen LogP contribution < -0.4 is 5.01 Å². The van der Waals surface area contributed by atoms with E-state index < -0.39 is 12.0 Å². The fraction of sp³-hybridized carbons (Fsp3) is 0.423. The predicted molar refractivity (Wildman–Crippen MR) is 137 cm³/mol. The maximum atomic E-state index is 13.3. The van der Waals surface area contributed by atoms with Gasteiger partial charge in [-0.3, -0.25) is 14.9 Å². The van der Waals surface area contributed by atoms with Crippen molar-refractivity contribution in [3.63, 3.8) is 0 Å². The zero-order chi connectivity index (χ0) is 24.8. The van der Waals surface area contributed by atoms with Gasteiger partial charge >= 0.3 is 5.97 Å². The lowest BCUT2D eigenvalue weighted by Gasteiger charge is -2.36. The third kappa shape index (κ3) is 5.70. The minimum Gasteiger partial charge on any atom is -0.491 e. The van der Waals surface area contributed by atoms with Crippen molar-refractivity contribution in [2.45, 2.75) is 19.9 Å². The van der Waals surface area contributed by atoms with Gasteiger partial charge in [0.2, 0.25) is 0 Å². The van der Waals surface area contributed by atoms with Gasteiger partial charge in [0.15, 0.2) is 11.5 Å². The summed E-state index contributed by atoms with van der Waals surface area (Å²) < 4.78 is 17.4. The van der Waals surface area contributed by atoms with E-state index in [-0.39, 0.29) is 6.61 Å². The normalized spacial score (nSPS) is 18.8. The number of esters is 1. The van der Waals surface area contributed by atoms with Crippen LogP contribution in [0.5, 0.6) is 0 Å². The highest BCUT2D eigenvalue weighted by Crippen LogP contribution is 2.46. The molecular formula is C26H31Cl2N3O4. The molecule has 0 aromatic heterocycles. The highest BCUT2D eigenvalue weighted by atomic mass is 35.5. The molecule has 2 aliphatic rings. The fourth-order valence-corrected chi connectivity index (χ4v) is 4.78. The SMILES string of the molecule is CCOC(=O)C1=C(OCCN2CCOCC2)C(c2ccc(Cl)cc2)N(c2ccccc2Cl)N1CC. The van der Waals surface area contributed by atoms with Crippen LogP contribution in [-0.2, 0) is 19.0 Å². The Hall–Kier alpha value is -2.45. The molecule has 0 saturated carbocycles. The topological polar surface area (TPSA) is 54.5 Å². The second kappa shape index (κ2) is 12.0. The van der Waals surface area contributed by atoms with Gasteiger partial charge in [0.05, 0.1) is 30.5 Å². The summed E-state index contributed by atoms with van der Waals surface area (Å²) in [4.78, 5) is 15.6. The molecule has 1 unspecified atom stereocenters. The summed E-state index contributed by atoms with van der Waals surface area (Å²) in [5.74, 6) is 0.116. The summed E-state index contributed by atoms with van der Waals surface area (Å²) in [6, 6.07) is 14.7. The average molecular weight is 520 g/mol. The van der Waals surface area contributed by atoms with Crippen molar-refractivity contribution >= 4 is 34.9 Å². The molecule has 1 atom stereocenters.